The summed E-state index contributed by atoms with van der Waals surface area (Å²) in [5.74, 6) is -1.31. The second-order valence-corrected chi connectivity index (χ2v) is 9.02. The Hall–Kier alpha value is -2.57. The average Bonchev–Trinajstić information content (AvgIpc) is 2.85. The summed E-state index contributed by atoms with van der Waals surface area (Å²) in [6, 6.07) is -0.227. The predicted octanol–water partition coefficient (Wildman–Crippen LogP) is 4.49. The van der Waals surface area contributed by atoms with Gasteiger partial charge in [-0.15, -0.1) is 19.7 Å². The van der Waals surface area contributed by atoms with Crippen LogP contribution in [0, 0.1) is 0 Å². The number of nitrogens with one attached hydrogen (secondary N) is 4. The van der Waals surface area contributed by atoms with Crippen LogP contribution in [0.2, 0.25) is 0 Å². The van der Waals surface area contributed by atoms with Gasteiger partial charge in [0.25, 0.3) is 0 Å². The van der Waals surface area contributed by atoms with Crippen LogP contribution in [0.3, 0.4) is 0 Å². The van der Waals surface area contributed by atoms with Crippen molar-refractivity contribution in [3.63, 3.8) is 0 Å². The van der Waals surface area contributed by atoms with Crippen molar-refractivity contribution >= 4 is 17.8 Å². The minimum Gasteiger partial charge on any atom is -0.480 e. The molecule has 0 fully saturated rings. The van der Waals surface area contributed by atoms with Gasteiger partial charge in [-0.2, -0.15) is 0 Å². The molecule has 0 aliphatic carbocycles. The lowest BCUT2D eigenvalue weighted by atomic mass is 10.3. The van der Waals surface area contributed by atoms with Crippen molar-refractivity contribution < 1.29 is 24.2 Å². The van der Waals surface area contributed by atoms with Gasteiger partial charge in [0.2, 0.25) is 5.91 Å². The molecular formula is C32H76N6O5. The van der Waals surface area contributed by atoms with Crippen LogP contribution >= 0.6 is 0 Å². The first-order valence-electron chi connectivity index (χ1n) is 13.5. The van der Waals surface area contributed by atoms with Crippen molar-refractivity contribution in [2.45, 2.75) is 122 Å². The average molecular weight is 625 g/mol. The molecule has 43 heavy (non-hydrogen) atoms. The van der Waals surface area contributed by atoms with E-state index in [9.17, 15) is 14.4 Å². The maximum absolute atomic E-state index is 10.7. The van der Waals surface area contributed by atoms with E-state index < -0.39 is 18.1 Å². The van der Waals surface area contributed by atoms with Crippen molar-refractivity contribution in [3.8, 4) is 0 Å². The number of hydrogen-bond donors (Lipinski definition) is 7. The summed E-state index contributed by atoms with van der Waals surface area (Å²) >= 11 is 0. The lowest BCUT2D eigenvalue weighted by Crippen LogP contribution is -2.43. The van der Waals surface area contributed by atoms with Crippen molar-refractivity contribution in [2.24, 2.45) is 11.5 Å². The molecule has 2 atom stereocenters. The maximum Gasteiger partial charge on any atom is 0.323 e. The number of carboxylic acids is 1. The summed E-state index contributed by atoms with van der Waals surface area (Å²) in [7, 11) is 1.33. The fraction of sp³-hybridized carbons (Fsp3) is 0.719. The van der Waals surface area contributed by atoms with E-state index in [-0.39, 0.29) is 40.2 Å². The van der Waals surface area contributed by atoms with E-state index in [1.54, 1.807) is 18.2 Å². The standard InChI is InChI=1S/C7H16N2O2.C7H16N2O.C6H14N2O2.3C3H6.3CH4/c1-5(2)9-4-6(8)7(10)11-3;1-6(2)8-4-5-9-7(3)10;1-4(2)8-3-5(7)6(9)10;3*1-3-2;;;/h5-6,9H,4,8H2,1-3H3;6,8H,4-5H2,1-3H3,(H,9,10);4-5,8H,3,7H2,1-2H3,(H,9,10);3*3H,1H2,2H3;3*1H4. The topological polar surface area (TPSA) is 181 Å². The van der Waals surface area contributed by atoms with Crippen LogP contribution in [0.5, 0.6) is 0 Å². The van der Waals surface area contributed by atoms with Crippen molar-refractivity contribution in [1.29, 1.82) is 0 Å². The normalized spacial score (nSPS) is 9.77. The van der Waals surface area contributed by atoms with E-state index in [1.807, 2.05) is 48.5 Å². The Bertz CT molecular complexity index is 587. The van der Waals surface area contributed by atoms with E-state index in [0.717, 1.165) is 6.54 Å². The molecule has 9 N–H and O–H groups in total. The second kappa shape index (κ2) is 52.1. The Kier molecular flexibility index (Phi) is 77.1. The zero-order valence-corrected chi connectivity index (χ0v) is 27.3. The van der Waals surface area contributed by atoms with Crippen LogP contribution in [0.4, 0.5) is 0 Å². The number of carbonyl (C=O) groups is 3. The molecule has 0 spiro atoms. The molecule has 0 aromatic heterocycles. The molecule has 264 valence electrons. The molecule has 0 aliphatic heterocycles. The monoisotopic (exact) mass is 625 g/mol. The molecule has 0 aromatic carbocycles. The highest BCUT2D eigenvalue weighted by Gasteiger charge is 2.12. The van der Waals surface area contributed by atoms with Crippen LogP contribution in [0.15, 0.2) is 38.0 Å². The fourth-order valence-corrected chi connectivity index (χ4v) is 1.65. The first-order valence-corrected chi connectivity index (χ1v) is 13.5. The molecule has 1 amide bonds. The Balaban J connectivity index is -0.0000000490. The number of ether oxygens (including phenoxy) is 1. The summed E-state index contributed by atoms with van der Waals surface area (Å²) < 4.78 is 4.44. The van der Waals surface area contributed by atoms with Crippen LogP contribution in [-0.2, 0) is 19.1 Å². The number of nitrogens with two attached hydrogens (primary N) is 2. The largest absolute Gasteiger partial charge is 0.480 e. The van der Waals surface area contributed by atoms with Gasteiger partial charge in [0.05, 0.1) is 7.11 Å². The van der Waals surface area contributed by atoms with Gasteiger partial charge in [-0.3, -0.25) is 14.4 Å². The van der Waals surface area contributed by atoms with Crippen LogP contribution in [-0.4, -0.2) is 86.5 Å². The highest BCUT2D eigenvalue weighted by atomic mass is 16.5. The van der Waals surface area contributed by atoms with Crippen LogP contribution in [0.1, 0.15) is 91.5 Å². The Morgan fingerprint density at radius 3 is 1.26 bits per heavy atom. The number of carbonyl (C=O) groups excluding carboxylic acids is 2. The number of aliphatic carboxylic acids is 1. The number of esters is 1. The third kappa shape index (κ3) is 92.6. The van der Waals surface area contributed by atoms with Gasteiger partial charge >= 0.3 is 11.9 Å². The van der Waals surface area contributed by atoms with E-state index >= 15 is 0 Å². The van der Waals surface area contributed by atoms with Gasteiger partial charge in [0, 0.05) is 51.2 Å². The summed E-state index contributed by atoms with van der Waals surface area (Å²) in [5.41, 5.74) is 10.6. The van der Waals surface area contributed by atoms with E-state index in [1.165, 1.54) is 14.0 Å². The summed E-state index contributed by atoms with van der Waals surface area (Å²) in [6.07, 6.45) is 5.25. The molecule has 11 nitrogen and oxygen atoms in total. The number of carboxylic acid groups (broad SMARTS) is 1. The molecule has 0 rings (SSSR count). The molecule has 0 saturated heterocycles. The second-order valence-electron chi connectivity index (χ2n) is 9.02. The third-order valence-corrected chi connectivity index (χ3v) is 3.36. The first-order chi connectivity index (χ1) is 18.5. The highest BCUT2D eigenvalue weighted by Crippen LogP contribution is 1.83. The van der Waals surface area contributed by atoms with Gasteiger partial charge in [-0.05, 0) is 20.8 Å². The molecule has 0 heterocycles. The van der Waals surface area contributed by atoms with Crippen molar-refractivity contribution in [2.75, 3.05) is 33.3 Å². The summed E-state index contributed by atoms with van der Waals surface area (Å²) in [4.78, 5) is 31.2. The molecule has 0 radical (unpaired) electrons. The van der Waals surface area contributed by atoms with E-state index in [2.05, 4.69) is 59.6 Å². The van der Waals surface area contributed by atoms with E-state index in [4.69, 9.17) is 16.6 Å². The zero-order chi connectivity index (χ0) is 33.1. The SMILES string of the molecule is C.C.C.C=CC.C=CC.C=CC.CC(=O)NCCNC(C)C.CC(C)NCC(N)C(=O)O.COC(=O)C(N)CNC(C)C. The molecule has 2 unspecified atom stereocenters. The van der Waals surface area contributed by atoms with Gasteiger partial charge in [0.15, 0.2) is 0 Å². The third-order valence-electron chi connectivity index (χ3n) is 3.36. The number of methoxy groups -OCH3 is 1. The van der Waals surface area contributed by atoms with E-state index in [0.29, 0.717) is 31.7 Å². The smallest absolute Gasteiger partial charge is 0.323 e. The van der Waals surface area contributed by atoms with Gasteiger partial charge in [-0.1, -0.05) is 82.1 Å². The minimum absolute atomic E-state index is 0. The predicted molar refractivity (Wildman–Crippen MR) is 192 cm³/mol. The van der Waals surface area contributed by atoms with Crippen molar-refractivity contribution in [1.82, 2.24) is 21.3 Å². The van der Waals surface area contributed by atoms with Gasteiger partial charge in [-0.25, -0.2) is 0 Å². The first kappa shape index (κ1) is 63.6. The molecule has 0 bridgehead atoms. The molecule has 0 aromatic rings. The minimum atomic E-state index is -0.965. The highest BCUT2D eigenvalue weighted by molar-refractivity contribution is 5.75. The maximum atomic E-state index is 10.7. The number of allylic oxidation sites excluding steroid dienone is 3. The lowest BCUT2D eigenvalue weighted by molar-refractivity contribution is -0.142. The Morgan fingerprint density at radius 2 is 1.02 bits per heavy atom. The lowest BCUT2D eigenvalue weighted by Gasteiger charge is -2.12. The quantitative estimate of drug-likeness (QED) is 0.0929. The number of amides is 1. The molecule has 0 aliphatic rings. The molecule has 0 saturated carbocycles. The van der Waals surface area contributed by atoms with Gasteiger partial charge in [0.1, 0.15) is 12.1 Å². The summed E-state index contributed by atoms with van der Waals surface area (Å²) in [6.45, 7) is 31.6. The number of hydrogen-bond acceptors (Lipinski definition) is 9. The molecular weight excluding hydrogens is 548 g/mol. The summed E-state index contributed by atoms with van der Waals surface area (Å²) in [5, 5.41) is 20.2. The number of rotatable bonds is 12. The Labute approximate surface area is 267 Å². The Morgan fingerprint density at radius 1 is 0.721 bits per heavy atom. The van der Waals surface area contributed by atoms with Crippen LogP contribution in [0.25, 0.3) is 0 Å². The van der Waals surface area contributed by atoms with Crippen molar-refractivity contribution in [3.05, 3.63) is 38.0 Å². The van der Waals surface area contributed by atoms with Crippen LogP contribution < -0.4 is 32.7 Å². The molecule has 11 heteroatoms. The fourth-order valence-electron chi connectivity index (χ4n) is 1.65. The van der Waals surface area contributed by atoms with Gasteiger partial charge < -0.3 is 42.6 Å². The zero-order valence-electron chi connectivity index (χ0n) is 27.3.